The predicted octanol–water partition coefficient (Wildman–Crippen LogP) is 5.86. The Morgan fingerprint density at radius 3 is 2.69 bits per heavy atom. The molecule has 42 heavy (non-hydrogen) atoms. The molecule has 2 aromatic heterocycles. The normalized spacial score (nSPS) is 14.8. The summed E-state index contributed by atoms with van der Waals surface area (Å²) in [7, 11) is 1.73. The van der Waals surface area contributed by atoms with Crippen LogP contribution in [0.4, 0.5) is 15.8 Å². The Balaban J connectivity index is 1.66. The molecule has 0 saturated carbocycles. The van der Waals surface area contributed by atoms with Gasteiger partial charge in [0.2, 0.25) is 0 Å². The van der Waals surface area contributed by atoms with Gasteiger partial charge in [0.25, 0.3) is 5.56 Å². The summed E-state index contributed by atoms with van der Waals surface area (Å²) in [6.07, 6.45) is 11.1. The van der Waals surface area contributed by atoms with Crippen LogP contribution >= 0.6 is 11.6 Å². The standard InChI is InChI=1S/C32H35ClFN7O/c1-7-20-16-35-29-25(28(20)36-18-32(3,4)5)13-21(14-26(29)33)37-30(27-17-41(39-38-27)19(2)15-34)23-9-8-10-24-22(23)11-12-40(6)31(24)42/h1,8-14,16-17,19,30,37-39H,15,18H2,2-6H3,(H,35,36)/t19-,30-/m0/s1. The molecule has 0 aliphatic carbocycles. The Labute approximate surface area is 249 Å². The zero-order valence-corrected chi connectivity index (χ0v) is 25.1. The minimum absolute atomic E-state index is 0.00781. The molecule has 0 unspecified atom stereocenters. The number of hydrazine groups is 2. The highest BCUT2D eigenvalue weighted by molar-refractivity contribution is 6.35. The van der Waals surface area contributed by atoms with Gasteiger partial charge in [-0.25, -0.2) is 4.39 Å². The van der Waals surface area contributed by atoms with Crippen molar-refractivity contribution in [2.24, 2.45) is 12.5 Å². The quantitative estimate of drug-likeness (QED) is 0.192. The van der Waals surface area contributed by atoms with Crippen molar-refractivity contribution >= 4 is 44.7 Å². The number of hydrogen-bond donors (Lipinski definition) is 4. The molecule has 10 heteroatoms. The zero-order chi connectivity index (χ0) is 30.2. The molecule has 2 aromatic carbocycles. The maximum Gasteiger partial charge on any atom is 0.258 e. The molecule has 0 radical (unpaired) electrons. The van der Waals surface area contributed by atoms with Gasteiger partial charge >= 0.3 is 0 Å². The minimum Gasteiger partial charge on any atom is -0.383 e. The lowest BCUT2D eigenvalue weighted by atomic mass is 9.96. The number of nitrogens with one attached hydrogen (secondary N) is 4. The highest BCUT2D eigenvalue weighted by Gasteiger charge is 2.27. The Morgan fingerprint density at radius 1 is 1.19 bits per heavy atom. The molecule has 2 atom stereocenters. The van der Waals surface area contributed by atoms with Crippen LogP contribution in [-0.2, 0) is 7.05 Å². The van der Waals surface area contributed by atoms with E-state index in [-0.39, 0.29) is 11.0 Å². The maximum absolute atomic E-state index is 13.5. The Bertz CT molecular complexity index is 1790. The van der Waals surface area contributed by atoms with E-state index in [0.29, 0.717) is 33.7 Å². The van der Waals surface area contributed by atoms with Gasteiger partial charge in [0.05, 0.1) is 39.6 Å². The first kappa shape index (κ1) is 29.2. The third kappa shape index (κ3) is 5.73. The summed E-state index contributed by atoms with van der Waals surface area (Å²) in [5.41, 5.74) is 10.5. The highest BCUT2D eigenvalue weighted by Crippen LogP contribution is 2.37. The van der Waals surface area contributed by atoms with Crippen molar-refractivity contribution in [1.82, 2.24) is 25.5 Å². The lowest BCUT2D eigenvalue weighted by Crippen LogP contribution is -2.43. The van der Waals surface area contributed by atoms with Crippen molar-refractivity contribution in [2.45, 2.75) is 39.8 Å². The molecule has 0 amide bonds. The fourth-order valence-electron chi connectivity index (χ4n) is 4.94. The molecule has 8 nitrogen and oxygen atoms in total. The van der Waals surface area contributed by atoms with E-state index < -0.39 is 18.8 Å². The summed E-state index contributed by atoms with van der Waals surface area (Å²) in [4.78, 5) is 17.5. The number of hydrogen-bond acceptors (Lipinski definition) is 7. The van der Waals surface area contributed by atoms with Crippen LogP contribution in [0, 0.1) is 17.8 Å². The first-order valence-electron chi connectivity index (χ1n) is 13.8. The summed E-state index contributed by atoms with van der Waals surface area (Å²) >= 11 is 6.81. The molecule has 0 bridgehead atoms. The van der Waals surface area contributed by atoms with E-state index in [1.807, 2.05) is 42.6 Å². The molecule has 3 heterocycles. The second-order valence-electron chi connectivity index (χ2n) is 11.8. The molecule has 0 saturated heterocycles. The van der Waals surface area contributed by atoms with Gasteiger partial charge < -0.3 is 20.6 Å². The van der Waals surface area contributed by atoms with E-state index in [2.05, 4.69) is 53.3 Å². The van der Waals surface area contributed by atoms with Gasteiger partial charge in [0.1, 0.15) is 6.67 Å². The van der Waals surface area contributed by atoms with Crippen LogP contribution in [0.25, 0.3) is 21.7 Å². The van der Waals surface area contributed by atoms with Gasteiger partial charge in [-0.15, -0.1) is 12.0 Å². The average molecular weight is 588 g/mol. The summed E-state index contributed by atoms with van der Waals surface area (Å²) in [6.45, 7) is 8.37. The average Bonchev–Trinajstić information content (AvgIpc) is 3.45. The maximum atomic E-state index is 13.5. The first-order valence-corrected chi connectivity index (χ1v) is 14.1. The van der Waals surface area contributed by atoms with E-state index in [1.54, 1.807) is 35.9 Å². The monoisotopic (exact) mass is 587 g/mol. The summed E-state index contributed by atoms with van der Waals surface area (Å²) in [5, 5.41) is 11.5. The van der Waals surface area contributed by atoms with Crippen LogP contribution in [0.5, 0.6) is 0 Å². The van der Waals surface area contributed by atoms with Gasteiger partial charge in [-0.1, -0.05) is 50.4 Å². The van der Waals surface area contributed by atoms with E-state index >= 15 is 0 Å². The third-order valence-corrected chi connectivity index (χ3v) is 7.56. The van der Waals surface area contributed by atoms with Gasteiger partial charge in [0, 0.05) is 48.6 Å². The molecule has 4 N–H and O–H groups in total. The van der Waals surface area contributed by atoms with Crippen LogP contribution in [0.3, 0.4) is 0 Å². The lowest BCUT2D eigenvalue weighted by molar-refractivity contribution is 0.178. The number of rotatable bonds is 8. The summed E-state index contributed by atoms with van der Waals surface area (Å²) in [6, 6.07) is 10.5. The molecule has 1 aliphatic rings. The summed E-state index contributed by atoms with van der Waals surface area (Å²) < 4.78 is 15.1. The number of nitrogens with zero attached hydrogens (tertiary/aromatic N) is 3. The number of alkyl halides is 1. The second-order valence-corrected chi connectivity index (χ2v) is 12.2. The number of terminal acetylenes is 1. The van der Waals surface area contributed by atoms with Crippen LogP contribution in [0.2, 0.25) is 5.02 Å². The Hall–Kier alpha value is -4.26. The van der Waals surface area contributed by atoms with E-state index in [9.17, 15) is 9.18 Å². The number of halogens is 2. The van der Waals surface area contributed by atoms with Gasteiger partial charge in [-0.3, -0.25) is 14.8 Å². The Morgan fingerprint density at radius 2 is 1.98 bits per heavy atom. The molecular weight excluding hydrogens is 553 g/mol. The molecule has 4 aromatic rings. The fraction of sp³-hybridized carbons (Fsp3) is 0.312. The van der Waals surface area contributed by atoms with Crippen molar-refractivity contribution in [1.29, 1.82) is 0 Å². The second kappa shape index (κ2) is 11.6. The smallest absolute Gasteiger partial charge is 0.258 e. The molecule has 0 fully saturated rings. The third-order valence-electron chi connectivity index (χ3n) is 7.27. The largest absolute Gasteiger partial charge is 0.383 e. The molecule has 1 aliphatic heterocycles. The van der Waals surface area contributed by atoms with E-state index in [4.69, 9.17) is 18.0 Å². The van der Waals surface area contributed by atoms with Crippen LogP contribution in [0.1, 0.15) is 44.9 Å². The number of fused-ring (bicyclic) bond motifs is 2. The van der Waals surface area contributed by atoms with Crippen molar-refractivity contribution in [3.8, 4) is 12.3 Å². The molecule has 218 valence electrons. The zero-order valence-electron chi connectivity index (χ0n) is 24.3. The fourth-order valence-corrected chi connectivity index (χ4v) is 5.21. The van der Waals surface area contributed by atoms with Crippen molar-refractivity contribution in [3.05, 3.63) is 87.2 Å². The molecular formula is C32H35ClFN7O. The Kier molecular flexibility index (Phi) is 8.04. The van der Waals surface area contributed by atoms with Crippen LogP contribution < -0.4 is 27.2 Å². The van der Waals surface area contributed by atoms with Crippen LogP contribution in [-0.4, -0.2) is 33.8 Å². The SMILES string of the molecule is C#Cc1cnc2c(Cl)cc(N[C@H](C3=CN([C@@H](C)CF)NN3)c3cccc4c(=O)n(C)ccc34)cc2c1NCC(C)(C)C. The minimum atomic E-state index is -0.532. The number of anilines is 2. The number of pyridine rings is 2. The van der Waals surface area contributed by atoms with E-state index in [1.165, 1.54) is 0 Å². The van der Waals surface area contributed by atoms with E-state index in [0.717, 1.165) is 27.7 Å². The molecule has 0 spiro atoms. The number of benzene rings is 2. The summed E-state index contributed by atoms with van der Waals surface area (Å²) in [5.74, 6) is 2.74. The first-order chi connectivity index (χ1) is 20.0. The topological polar surface area (TPSA) is 86.2 Å². The van der Waals surface area contributed by atoms with Gasteiger partial charge in [-0.05, 0) is 47.6 Å². The highest BCUT2D eigenvalue weighted by atomic mass is 35.5. The van der Waals surface area contributed by atoms with Crippen molar-refractivity contribution in [2.75, 3.05) is 23.9 Å². The van der Waals surface area contributed by atoms with Gasteiger partial charge in [-0.2, -0.15) is 0 Å². The van der Waals surface area contributed by atoms with Crippen molar-refractivity contribution < 1.29 is 4.39 Å². The predicted molar refractivity (Wildman–Crippen MR) is 170 cm³/mol. The number of aryl methyl sites for hydroxylation is 1. The van der Waals surface area contributed by atoms with Gasteiger partial charge in [0.15, 0.2) is 0 Å². The van der Waals surface area contributed by atoms with Crippen LogP contribution in [0.15, 0.2) is 65.5 Å². The van der Waals surface area contributed by atoms with Crippen molar-refractivity contribution in [3.63, 3.8) is 0 Å². The molecule has 5 rings (SSSR count). The number of aromatic nitrogens is 2. The lowest BCUT2D eigenvalue weighted by Gasteiger charge is -2.24.